The molecule has 2 heterocycles. The summed E-state index contributed by atoms with van der Waals surface area (Å²) in [4.78, 5) is 11.8. The summed E-state index contributed by atoms with van der Waals surface area (Å²) >= 11 is 0. The molecule has 1 aromatic rings. The average molecular weight is 290 g/mol. The highest BCUT2D eigenvalue weighted by Crippen LogP contribution is 2.38. The molecule has 1 N–H and O–H groups in total. The zero-order valence-electron chi connectivity index (χ0n) is 10.6. The van der Waals surface area contributed by atoms with Crippen LogP contribution in [0.2, 0.25) is 0 Å². The number of halogens is 3. The molecule has 0 aliphatic carbocycles. The van der Waals surface area contributed by atoms with Crippen LogP contribution in [0.3, 0.4) is 0 Å². The second-order valence-electron chi connectivity index (χ2n) is 4.55. The molecule has 1 aromatic heterocycles. The van der Waals surface area contributed by atoms with Crippen LogP contribution in [0.5, 0.6) is 0 Å². The third kappa shape index (κ3) is 2.53. The van der Waals surface area contributed by atoms with E-state index in [9.17, 15) is 23.1 Å². The number of rotatable bonds is 3. The van der Waals surface area contributed by atoms with Gasteiger partial charge in [-0.1, -0.05) is 0 Å². The smallest absolute Gasteiger partial charge is 0.362 e. The van der Waals surface area contributed by atoms with Crippen molar-refractivity contribution in [1.29, 1.82) is 0 Å². The Morgan fingerprint density at radius 2 is 2.25 bits per heavy atom. The van der Waals surface area contributed by atoms with Gasteiger partial charge in [-0.05, 0) is 12.5 Å². The van der Waals surface area contributed by atoms with Crippen molar-refractivity contribution in [2.45, 2.75) is 38.2 Å². The Kier molecular flexibility index (Phi) is 3.55. The summed E-state index contributed by atoms with van der Waals surface area (Å²) in [5.74, 6) is -0.910. The molecule has 0 spiro atoms. The number of hydrogen-bond donors (Lipinski definition) is 1. The van der Waals surface area contributed by atoms with Crippen LogP contribution in [-0.4, -0.2) is 43.9 Å². The van der Waals surface area contributed by atoms with Gasteiger partial charge in [-0.2, -0.15) is 28.4 Å². The molecule has 20 heavy (non-hydrogen) atoms. The fraction of sp³-hybridized carbons (Fsp3) is 0.545. The molecule has 9 heteroatoms. The Labute approximate surface area is 112 Å². The molecular formula is C11H13F3N4O2. The minimum Gasteiger partial charge on any atom is -0.362 e. The summed E-state index contributed by atoms with van der Waals surface area (Å²) < 4.78 is 39.8. The standard InChI is InChI=1S/C11H13F3N4O2/c1-8-6-16-17(7-8)5-2-9(19)18-10(20,3-4-15-18)11(12,13)14/h4,6-7,20H,2-3,5H2,1H3. The van der Waals surface area contributed by atoms with Crippen molar-refractivity contribution in [3.63, 3.8) is 0 Å². The Bertz CT molecular complexity index is 540. The van der Waals surface area contributed by atoms with Crippen LogP contribution in [0, 0.1) is 6.92 Å². The van der Waals surface area contributed by atoms with E-state index < -0.39 is 24.2 Å². The van der Waals surface area contributed by atoms with E-state index in [1.54, 1.807) is 19.3 Å². The van der Waals surface area contributed by atoms with Crippen molar-refractivity contribution in [2.24, 2.45) is 5.10 Å². The van der Waals surface area contributed by atoms with Crippen LogP contribution in [0.15, 0.2) is 17.5 Å². The molecule has 1 aliphatic heterocycles. The lowest BCUT2D eigenvalue weighted by atomic mass is 10.1. The molecule has 1 aliphatic rings. The summed E-state index contributed by atoms with van der Waals surface area (Å²) in [7, 11) is 0. The number of hydrogen-bond acceptors (Lipinski definition) is 4. The first-order valence-electron chi connectivity index (χ1n) is 5.88. The maximum Gasteiger partial charge on any atom is 0.438 e. The zero-order chi connectivity index (χ0) is 15.0. The highest BCUT2D eigenvalue weighted by atomic mass is 19.4. The van der Waals surface area contributed by atoms with Crippen LogP contribution in [-0.2, 0) is 11.3 Å². The van der Waals surface area contributed by atoms with E-state index >= 15 is 0 Å². The predicted octanol–water partition coefficient (Wildman–Crippen LogP) is 1.05. The van der Waals surface area contributed by atoms with Gasteiger partial charge in [-0.3, -0.25) is 9.48 Å². The minimum absolute atomic E-state index is 0.101. The molecule has 0 saturated carbocycles. The molecule has 6 nitrogen and oxygen atoms in total. The van der Waals surface area contributed by atoms with Gasteiger partial charge in [-0.25, -0.2) is 0 Å². The number of carbonyl (C=O) groups is 1. The van der Waals surface area contributed by atoms with Gasteiger partial charge < -0.3 is 5.11 Å². The van der Waals surface area contributed by atoms with Crippen LogP contribution in [0.25, 0.3) is 0 Å². The third-order valence-corrected chi connectivity index (χ3v) is 2.93. The van der Waals surface area contributed by atoms with Crippen molar-refractivity contribution in [2.75, 3.05) is 0 Å². The van der Waals surface area contributed by atoms with Crippen LogP contribution in [0.1, 0.15) is 18.4 Å². The maximum absolute atomic E-state index is 12.8. The first kappa shape index (κ1) is 14.5. The van der Waals surface area contributed by atoms with E-state index in [0.717, 1.165) is 11.8 Å². The summed E-state index contributed by atoms with van der Waals surface area (Å²) in [6, 6.07) is 0. The monoisotopic (exact) mass is 290 g/mol. The number of carbonyl (C=O) groups excluding carboxylic acids is 1. The summed E-state index contributed by atoms with van der Waals surface area (Å²) in [5, 5.41) is 16.9. The molecule has 0 bridgehead atoms. The second kappa shape index (κ2) is 4.89. The highest BCUT2D eigenvalue weighted by molar-refractivity contribution is 5.80. The van der Waals surface area contributed by atoms with Crippen LogP contribution in [0.4, 0.5) is 13.2 Å². The summed E-state index contributed by atoms with van der Waals surface area (Å²) in [6.45, 7) is 1.92. The zero-order valence-corrected chi connectivity index (χ0v) is 10.6. The van der Waals surface area contributed by atoms with Crippen molar-refractivity contribution < 1.29 is 23.1 Å². The van der Waals surface area contributed by atoms with E-state index in [0.29, 0.717) is 0 Å². The number of amides is 1. The van der Waals surface area contributed by atoms with Gasteiger partial charge >= 0.3 is 6.18 Å². The average Bonchev–Trinajstić information content (AvgIpc) is 2.92. The number of alkyl halides is 3. The summed E-state index contributed by atoms with van der Waals surface area (Å²) in [6.07, 6.45) is -1.84. The topological polar surface area (TPSA) is 70.7 Å². The first-order chi connectivity index (χ1) is 9.24. The first-order valence-corrected chi connectivity index (χ1v) is 5.88. The molecule has 2 rings (SSSR count). The molecule has 1 unspecified atom stereocenters. The molecule has 1 atom stereocenters. The molecule has 0 fully saturated rings. The Hall–Kier alpha value is -1.90. The fourth-order valence-corrected chi connectivity index (χ4v) is 1.84. The summed E-state index contributed by atoms with van der Waals surface area (Å²) in [5.41, 5.74) is -2.37. The lowest BCUT2D eigenvalue weighted by Gasteiger charge is -2.32. The van der Waals surface area contributed by atoms with Crippen molar-refractivity contribution in [3.05, 3.63) is 18.0 Å². The van der Waals surface area contributed by atoms with E-state index in [4.69, 9.17) is 0 Å². The molecule has 0 aromatic carbocycles. The van der Waals surface area contributed by atoms with E-state index in [1.807, 2.05) is 0 Å². The second-order valence-corrected chi connectivity index (χ2v) is 4.55. The van der Waals surface area contributed by atoms with Gasteiger partial charge in [0.2, 0.25) is 5.91 Å². The van der Waals surface area contributed by atoms with Crippen molar-refractivity contribution in [1.82, 2.24) is 14.8 Å². The van der Waals surface area contributed by atoms with Crippen LogP contribution >= 0.6 is 0 Å². The molecule has 0 radical (unpaired) electrons. The van der Waals surface area contributed by atoms with Crippen molar-refractivity contribution in [3.8, 4) is 0 Å². The Morgan fingerprint density at radius 3 is 2.80 bits per heavy atom. The van der Waals surface area contributed by atoms with Crippen molar-refractivity contribution >= 4 is 12.1 Å². The number of nitrogens with zero attached hydrogens (tertiary/aromatic N) is 4. The number of aliphatic hydroxyl groups is 1. The SMILES string of the molecule is Cc1cnn(CCC(=O)N2N=CCC2(O)C(F)(F)F)c1. The normalized spacial score (nSPS) is 22.6. The third-order valence-electron chi connectivity index (χ3n) is 2.93. The van der Waals surface area contributed by atoms with Gasteiger partial charge in [0.1, 0.15) is 0 Å². The van der Waals surface area contributed by atoms with Gasteiger partial charge in [0, 0.05) is 31.8 Å². The quantitative estimate of drug-likeness (QED) is 0.904. The Morgan fingerprint density at radius 1 is 1.55 bits per heavy atom. The number of aromatic nitrogens is 2. The largest absolute Gasteiger partial charge is 0.438 e. The lowest BCUT2D eigenvalue weighted by molar-refractivity contribution is -0.302. The van der Waals surface area contributed by atoms with Gasteiger partial charge in [0.15, 0.2) is 0 Å². The predicted molar refractivity (Wildman–Crippen MR) is 62.5 cm³/mol. The van der Waals surface area contributed by atoms with E-state index in [1.165, 1.54) is 4.68 Å². The van der Waals surface area contributed by atoms with Gasteiger partial charge in [0.05, 0.1) is 6.20 Å². The van der Waals surface area contributed by atoms with Crippen LogP contribution < -0.4 is 0 Å². The molecular weight excluding hydrogens is 277 g/mol. The fourth-order valence-electron chi connectivity index (χ4n) is 1.84. The molecule has 1 amide bonds. The van der Waals surface area contributed by atoms with Gasteiger partial charge in [0.25, 0.3) is 5.72 Å². The lowest BCUT2D eigenvalue weighted by Crippen LogP contribution is -2.56. The van der Waals surface area contributed by atoms with E-state index in [2.05, 4.69) is 10.2 Å². The number of hydrazone groups is 1. The van der Waals surface area contributed by atoms with E-state index in [-0.39, 0.29) is 18.0 Å². The maximum atomic E-state index is 12.8. The minimum atomic E-state index is -4.96. The highest BCUT2D eigenvalue weighted by Gasteiger charge is 2.61. The molecule has 0 saturated heterocycles. The Balaban J connectivity index is 2.03. The number of aryl methyl sites for hydroxylation is 2. The van der Waals surface area contributed by atoms with Gasteiger partial charge in [-0.15, -0.1) is 0 Å². The molecule has 110 valence electrons.